The van der Waals surface area contributed by atoms with Crippen molar-refractivity contribution >= 4 is 6.29 Å². The van der Waals surface area contributed by atoms with Gasteiger partial charge in [0.25, 0.3) is 0 Å². The van der Waals surface area contributed by atoms with Crippen molar-refractivity contribution in [3.63, 3.8) is 0 Å². The molecule has 0 bridgehead atoms. The van der Waals surface area contributed by atoms with E-state index in [1.807, 2.05) is 6.07 Å². The van der Waals surface area contributed by atoms with E-state index in [0.717, 1.165) is 37.8 Å². The van der Waals surface area contributed by atoms with Crippen LogP contribution in [-0.2, 0) is 9.47 Å². The Hall–Kier alpha value is -1.13. The smallest absolute Gasteiger partial charge is 0.166 e. The lowest BCUT2D eigenvalue weighted by atomic mass is 10.00. The first kappa shape index (κ1) is 14.3. The molecule has 1 fully saturated rings. The average molecular weight is 265 g/mol. The number of ether oxygens (including phenoxy) is 2. The number of carbonyl (C=O) groups excluding carboxylic acids is 1. The molecule has 3 atom stereocenters. The minimum atomic E-state index is 0.0495. The van der Waals surface area contributed by atoms with E-state index in [9.17, 15) is 4.79 Å². The molecule has 0 amide bonds. The molecule has 0 spiro atoms. The molecule has 0 radical (unpaired) electrons. The van der Waals surface area contributed by atoms with Crippen molar-refractivity contribution in [2.45, 2.75) is 45.3 Å². The second-order valence-electron chi connectivity index (χ2n) is 5.31. The van der Waals surface area contributed by atoms with Crippen LogP contribution >= 0.6 is 0 Å². The number of carbonyl (C=O) groups is 1. The van der Waals surface area contributed by atoms with Crippen molar-refractivity contribution in [1.82, 2.24) is 4.98 Å². The van der Waals surface area contributed by atoms with Crippen molar-refractivity contribution in [2.24, 2.45) is 5.92 Å². The molecular weight excluding hydrogens is 242 g/mol. The van der Waals surface area contributed by atoms with Gasteiger partial charge in [0.2, 0.25) is 0 Å². The van der Waals surface area contributed by atoms with E-state index in [1.54, 1.807) is 6.07 Å². The molecule has 1 N–H and O–H groups in total. The third kappa shape index (κ3) is 3.67. The number of hydrogen-bond acceptors (Lipinski definition) is 3. The molecular formula is C15H23NO3. The van der Waals surface area contributed by atoms with E-state index >= 15 is 0 Å². The number of H-pyrrole nitrogens is 1. The maximum atomic E-state index is 10.7. The van der Waals surface area contributed by atoms with Gasteiger partial charge in [-0.3, -0.25) is 4.79 Å². The molecule has 0 aliphatic carbocycles. The molecule has 0 aromatic carbocycles. The molecule has 0 saturated carbocycles. The van der Waals surface area contributed by atoms with Gasteiger partial charge < -0.3 is 14.5 Å². The Morgan fingerprint density at radius 3 is 3.05 bits per heavy atom. The number of nitrogens with one attached hydrogen (secondary N) is 1. The minimum absolute atomic E-state index is 0.0495. The number of rotatable bonds is 7. The van der Waals surface area contributed by atoms with Crippen LogP contribution in [0.15, 0.2) is 12.1 Å². The van der Waals surface area contributed by atoms with Crippen LogP contribution in [0.5, 0.6) is 0 Å². The highest BCUT2D eigenvalue weighted by Gasteiger charge is 2.34. The summed E-state index contributed by atoms with van der Waals surface area (Å²) in [5.74, 6) is 0.443. The van der Waals surface area contributed by atoms with Crippen molar-refractivity contribution in [3.05, 3.63) is 23.5 Å². The Balaban J connectivity index is 1.85. The van der Waals surface area contributed by atoms with E-state index in [4.69, 9.17) is 9.47 Å². The van der Waals surface area contributed by atoms with Gasteiger partial charge in [0.05, 0.1) is 18.4 Å². The zero-order chi connectivity index (χ0) is 13.7. The van der Waals surface area contributed by atoms with Gasteiger partial charge in [-0.25, -0.2) is 0 Å². The lowest BCUT2D eigenvalue weighted by Gasteiger charge is -2.14. The number of aldehydes is 1. The summed E-state index contributed by atoms with van der Waals surface area (Å²) in [5.41, 5.74) is 1.60. The van der Waals surface area contributed by atoms with E-state index < -0.39 is 0 Å². The van der Waals surface area contributed by atoms with Gasteiger partial charge in [0.1, 0.15) is 6.10 Å². The standard InChI is InChI=1S/C15H23NO3/c1-3-4-7-18-10-13-8-11(2)15(19-13)14-6-5-12(9-17)16-14/h5-6,9,11,13,15-16H,3-4,7-8,10H2,1-2H3/t11-,13-,15-/m0/s1. The maximum absolute atomic E-state index is 10.7. The molecule has 2 heterocycles. The van der Waals surface area contributed by atoms with Crippen molar-refractivity contribution in [1.29, 1.82) is 0 Å². The van der Waals surface area contributed by atoms with Crippen LogP contribution in [-0.4, -0.2) is 30.6 Å². The van der Waals surface area contributed by atoms with Gasteiger partial charge in [0, 0.05) is 12.3 Å². The number of unbranched alkanes of at least 4 members (excludes halogenated alkanes) is 1. The van der Waals surface area contributed by atoms with Gasteiger partial charge in [-0.15, -0.1) is 0 Å². The predicted molar refractivity (Wildman–Crippen MR) is 73.3 cm³/mol. The van der Waals surface area contributed by atoms with Gasteiger partial charge in [-0.2, -0.15) is 0 Å². The molecule has 1 aromatic rings. The molecule has 1 aromatic heterocycles. The van der Waals surface area contributed by atoms with Crippen LogP contribution in [0.4, 0.5) is 0 Å². The summed E-state index contributed by atoms with van der Waals surface area (Å²) in [7, 11) is 0. The van der Waals surface area contributed by atoms with Crippen LogP contribution < -0.4 is 0 Å². The highest BCUT2D eigenvalue weighted by Crippen LogP contribution is 2.37. The van der Waals surface area contributed by atoms with Crippen LogP contribution in [0, 0.1) is 5.92 Å². The number of aromatic amines is 1. The Kier molecular flexibility index (Phi) is 5.16. The first-order valence-electron chi connectivity index (χ1n) is 7.12. The molecule has 4 nitrogen and oxygen atoms in total. The molecule has 0 unspecified atom stereocenters. The first-order chi connectivity index (χ1) is 9.24. The molecule has 1 aliphatic rings. The van der Waals surface area contributed by atoms with E-state index in [0.29, 0.717) is 18.2 Å². The summed E-state index contributed by atoms with van der Waals surface area (Å²) >= 11 is 0. The van der Waals surface area contributed by atoms with Gasteiger partial charge in [-0.05, 0) is 30.9 Å². The summed E-state index contributed by atoms with van der Waals surface area (Å²) in [6.45, 7) is 5.82. The fraction of sp³-hybridized carbons (Fsp3) is 0.667. The fourth-order valence-corrected chi connectivity index (χ4v) is 2.55. The summed E-state index contributed by atoms with van der Waals surface area (Å²) in [4.78, 5) is 13.8. The molecule has 4 heteroatoms. The molecule has 2 rings (SSSR count). The van der Waals surface area contributed by atoms with Gasteiger partial charge in [0.15, 0.2) is 6.29 Å². The topological polar surface area (TPSA) is 51.3 Å². The highest BCUT2D eigenvalue weighted by molar-refractivity contribution is 5.72. The molecule has 1 saturated heterocycles. The predicted octanol–water partition coefficient (Wildman–Crippen LogP) is 3.11. The van der Waals surface area contributed by atoms with Crippen molar-refractivity contribution in [3.8, 4) is 0 Å². The van der Waals surface area contributed by atoms with Crippen molar-refractivity contribution in [2.75, 3.05) is 13.2 Å². The number of hydrogen-bond donors (Lipinski definition) is 1. The lowest BCUT2D eigenvalue weighted by Crippen LogP contribution is -2.15. The van der Waals surface area contributed by atoms with Crippen molar-refractivity contribution < 1.29 is 14.3 Å². The summed E-state index contributed by atoms with van der Waals surface area (Å²) in [5, 5.41) is 0. The molecule has 1 aliphatic heterocycles. The average Bonchev–Trinajstić information content (AvgIpc) is 3.01. The third-order valence-corrected chi connectivity index (χ3v) is 3.60. The van der Waals surface area contributed by atoms with Crippen LogP contribution in [0.2, 0.25) is 0 Å². The zero-order valence-corrected chi connectivity index (χ0v) is 11.7. The Labute approximate surface area is 114 Å². The van der Waals surface area contributed by atoms with Gasteiger partial charge in [-0.1, -0.05) is 20.3 Å². The molecule has 106 valence electrons. The first-order valence-corrected chi connectivity index (χ1v) is 7.12. The second-order valence-corrected chi connectivity index (χ2v) is 5.31. The van der Waals surface area contributed by atoms with Crippen LogP contribution in [0.1, 0.15) is 55.4 Å². The SMILES string of the molecule is CCCCOC[C@@H]1C[C@H](C)[C@@H](c2ccc(C=O)[nH]2)O1. The molecule has 19 heavy (non-hydrogen) atoms. The normalized spacial score (nSPS) is 26.7. The third-order valence-electron chi connectivity index (χ3n) is 3.60. The van der Waals surface area contributed by atoms with E-state index in [1.165, 1.54) is 0 Å². The zero-order valence-electron chi connectivity index (χ0n) is 11.7. The van der Waals surface area contributed by atoms with Crippen LogP contribution in [0.25, 0.3) is 0 Å². The maximum Gasteiger partial charge on any atom is 0.166 e. The summed E-state index contributed by atoms with van der Waals surface area (Å²) in [6, 6.07) is 3.73. The Morgan fingerprint density at radius 1 is 1.53 bits per heavy atom. The quantitative estimate of drug-likeness (QED) is 0.609. The van der Waals surface area contributed by atoms with Gasteiger partial charge >= 0.3 is 0 Å². The summed E-state index contributed by atoms with van der Waals surface area (Å²) < 4.78 is 11.7. The lowest BCUT2D eigenvalue weighted by molar-refractivity contribution is -0.0210. The Morgan fingerprint density at radius 2 is 2.37 bits per heavy atom. The largest absolute Gasteiger partial charge is 0.379 e. The summed E-state index contributed by atoms with van der Waals surface area (Å²) in [6.07, 6.45) is 4.31. The minimum Gasteiger partial charge on any atom is -0.379 e. The monoisotopic (exact) mass is 265 g/mol. The van der Waals surface area contributed by atoms with E-state index in [2.05, 4.69) is 18.8 Å². The Bertz CT molecular complexity index is 402. The number of aromatic nitrogens is 1. The van der Waals surface area contributed by atoms with Crippen LogP contribution in [0.3, 0.4) is 0 Å². The second kappa shape index (κ2) is 6.87. The van der Waals surface area contributed by atoms with E-state index in [-0.39, 0.29) is 12.2 Å². The highest BCUT2D eigenvalue weighted by atomic mass is 16.5. The fourth-order valence-electron chi connectivity index (χ4n) is 2.55.